The van der Waals surface area contributed by atoms with Crippen LogP contribution in [0.2, 0.25) is 5.02 Å². The van der Waals surface area contributed by atoms with Crippen LogP contribution >= 0.6 is 11.6 Å². The summed E-state index contributed by atoms with van der Waals surface area (Å²) in [6, 6.07) is 5.02. The average molecular weight is 269 g/mol. The largest absolute Gasteiger partial charge is 0.493 e. The summed E-state index contributed by atoms with van der Waals surface area (Å²) < 4.78 is 15.9. The molecule has 1 aromatic carbocycles. The van der Waals surface area contributed by atoms with E-state index < -0.39 is 0 Å². The zero-order chi connectivity index (χ0) is 13.1. The first kappa shape index (κ1) is 12.6. The molecule has 0 fully saturated rings. The Morgan fingerprint density at radius 3 is 2.78 bits per heavy atom. The number of hydrogen-bond donors (Lipinski definition) is 1. The predicted molar refractivity (Wildman–Crippen MR) is 69.1 cm³/mol. The first-order valence-electron chi connectivity index (χ1n) is 5.39. The number of anilines is 1. The van der Waals surface area contributed by atoms with Gasteiger partial charge in [-0.2, -0.15) is 0 Å². The van der Waals surface area contributed by atoms with Gasteiger partial charge in [-0.25, -0.2) is 0 Å². The molecule has 0 amide bonds. The van der Waals surface area contributed by atoms with Gasteiger partial charge >= 0.3 is 0 Å². The summed E-state index contributed by atoms with van der Waals surface area (Å²) in [7, 11) is 1.56. The van der Waals surface area contributed by atoms with Crippen LogP contribution in [0.1, 0.15) is 6.92 Å². The van der Waals surface area contributed by atoms with E-state index in [4.69, 9.17) is 31.3 Å². The molecule has 0 atom stereocenters. The van der Waals surface area contributed by atoms with E-state index in [1.54, 1.807) is 25.3 Å². The molecule has 0 aliphatic heterocycles. The third kappa shape index (κ3) is 2.22. The average Bonchev–Trinajstić information content (AvgIpc) is 2.76. The Balaban J connectivity index is 2.63. The second-order valence-corrected chi connectivity index (χ2v) is 3.91. The highest BCUT2D eigenvalue weighted by Gasteiger charge is 2.19. The predicted octanol–water partition coefficient (Wildman–Crippen LogP) is 2.98. The normalized spacial score (nSPS) is 10.4. The molecule has 1 heterocycles. The van der Waals surface area contributed by atoms with E-state index in [-0.39, 0.29) is 5.82 Å². The molecule has 2 N–H and O–H groups in total. The van der Waals surface area contributed by atoms with Crippen molar-refractivity contribution >= 4 is 17.4 Å². The third-order valence-electron chi connectivity index (χ3n) is 2.35. The van der Waals surface area contributed by atoms with Crippen molar-refractivity contribution in [1.29, 1.82) is 0 Å². The first-order chi connectivity index (χ1) is 8.67. The number of methoxy groups -OCH3 is 1. The first-order valence-corrected chi connectivity index (χ1v) is 5.77. The van der Waals surface area contributed by atoms with Crippen LogP contribution in [0.15, 0.2) is 22.7 Å². The van der Waals surface area contributed by atoms with E-state index in [9.17, 15) is 0 Å². The molecule has 0 saturated heterocycles. The molecule has 96 valence electrons. The monoisotopic (exact) mass is 268 g/mol. The lowest BCUT2D eigenvalue weighted by Gasteiger charge is -2.13. The number of rotatable bonds is 4. The molecule has 0 radical (unpaired) electrons. The summed E-state index contributed by atoms with van der Waals surface area (Å²) in [6.07, 6.45) is 0. The van der Waals surface area contributed by atoms with Crippen LogP contribution in [-0.4, -0.2) is 18.9 Å². The van der Waals surface area contributed by atoms with Gasteiger partial charge in [0.05, 0.1) is 24.3 Å². The van der Waals surface area contributed by atoms with E-state index in [1.165, 1.54) is 0 Å². The fourth-order valence-electron chi connectivity index (χ4n) is 1.62. The minimum atomic E-state index is 0.284. The summed E-state index contributed by atoms with van der Waals surface area (Å²) in [5.41, 5.74) is 6.13. The Hall–Kier alpha value is -1.88. The Labute approximate surface area is 109 Å². The van der Waals surface area contributed by atoms with Gasteiger partial charge in [-0.3, -0.25) is 0 Å². The second-order valence-electron chi connectivity index (χ2n) is 3.50. The zero-order valence-electron chi connectivity index (χ0n) is 10.1. The second kappa shape index (κ2) is 5.18. The molecule has 0 bridgehead atoms. The van der Waals surface area contributed by atoms with Crippen molar-refractivity contribution in [3.8, 4) is 22.8 Å². The van der Waals surface area contributed by atoms with Gasteiger partial charge in [-0.05, 0) is 19.1 Å². The molecule has 5 nitrogen and oxygen atoms in total. The molecular weight excluding hydrogens is 256 g/mol. The van der Waals surface area contributed by atoms with Crippen LogP contribution in [0.4, 0.5) is 5.82 Å². The number of hydrogen-bond acceptors (Lipinski definition) is 5. The Kier molecular flexibility index (Phi) is 3.62. The van der Waals surface area contributed by atoms with Crippen molar-refractivity contribution in [2.75, 3.05) is 19.5 Å². The van der Waals surface area contributed by atoms with Gasteiger partial charge in [0.15, 0.2) is 23.1 Å². The van der Waals surface area contributed by atoms with E-state index in [0.29, 0.717) is 34.5 Å². The fraction of sp³-hybridized carbons (Fsp3) is 0.250. The Morgan fingerprint density at radius 2 is 2.22 bits per heavy atom. The van der Waals surface area contributed by atoms with Crippen molar-refractivity contribution in [1.82, 2.24) is 5.16 Å². The molecule has 0 aliphatic carbocycles. The number of nitrogen functional groups attached to an aromatic ring is 1. The van der Waals surface area contributed by atoms with Crippen molar-refractivity contribution in [3.05, 3.63) is 23.2 Å². The number of aromatic nitrogens is 1. The summed E-state index contributed by atoms with van der Waals surface area (Å²) in [5.74, 6) is 1.82. The van der Waals surface area contributed by atoms with E-state index in [0.717, 1.165) is 0 Å². The Morgan fingerprint density at radius 1 is 1.44 bits per heavy atom. The van der Waals surface area contributed by atoms with E-state index in [1.807, 2.05) is 6.92 Å². The van der Waals surface area contributed by atoms with Gasteiger partial charge in [-0.15, -0.1) is 0 Å². The van der Waals surface area contributed by atoms with Crippen molar-refractivity contribution < 1.29 is 14.0 Å². The number of nitrogens with two attached hydrogens (primary N) is 1. The third-order valence-corrected chi connectivity index (χ3v) is 2.67. The minimum Gasteiger partial charge on any atom is -0.493 e. The summed E-state index contributed by atoms with van der Waals surface area (Å²) in [6.45, 7) is 2.35. The van der Waals surface area contributed by atoms with Crippen LogP contribution in [0.25, 0.3) is 11.3 Å². The lowest BCUT2D eigenvalue weighted by molar-refractivity contribution is 0.311. The summed E-state index contributed by atoms with van der Waals surface area (Å²) in [4.78, 5) is 0. The molecule has 2 aromatic rings. The van der Waals surface area contributed by atoms with E-state index in [2.05, 4.69) is 5.16 Å². The number of ether oxygens (including phenoxy) is 2. The van der Waals surface area contributed by atoms with Gasteiger partial charge in [-0.1, -0.05) is 16.8 Å². The lowest BCUT2D eigenvalue weighted by atomic mass is 10.1. The topological polar surface area (TPSA) is 70.5 Å². The maximum Gasteiger partial charge on any atom is 0.174 e. The van der Waals surface area contributed by atoms with Crippen LogP contribution in [0.3, 0.4) is 0 Å². The highest BCUT2D eigenvalue weighted by molar-refractivity contribution is 6.33. The molecule has 18 heavy (non-hydrogen) atoms. The van der Waals surface area contributed by atoms with Gasteiger partial charge in [0.1, 0.15) is 0 Å². The van der Waals surface area contributed by atoms with Gasteiger partial charge in [0.25, 0.3) is 0 Å². The summed E-state index contributed by atoms with van der Waals surface area (Å²) in [5, 5.41) is 4.12. The maximum atomic E-state index is 6.17. The van der Waals surface area contributed by atoms with Crippen molar-refractivity contribution in [2.24, 2.45) is 0 Å². The van der Waals surface area contributed by atoms with Crippen molar-refractivity contribution in [3.63, 3.8) is 0 Å². The Bertz CT molecular complexity index is 554. The van der Waals surface area contributed by atoms with Crippen LogP contribution in [-0.2, 0) is 0 Å². The summed E-state index contributed by atoms with van der Waals surface area (Å²) >= 11 is 6.17. The molecule has 0 unspecified atom stereocenters. The molecular formula is C12H13ClN2O3. The quantitative estimate of drug-likeness (QED) is 0.923. The smallest absolute Gasteiger partial charge is 0.174 e. The molecule has 2 rings (SSSR count). The number of benzene rings is 1. The fourth-order valence-corrected chi connectivity index (χ4v) is 1.87. The maximum absolute atomic E-state index is 6.17. The standard InChI is InChI=1S/C12H13ClN2O3/c1-3-17-12-8(16-2)5-4-7(13)11(12)9-6-10(14)15-18-9/h4-6H,3H2,1-2H3,(H2,14,15). The molecule has 0 spiro atoms. The van der Waals surface area contributed by atoms with Gasteiger partial charge < -0.3 is 19.7 Å². The van der Waals surface area contributed by atoms with Gasteiger partial charge in [0.2, 0.25) is 0 Å². The van der Waals surface area contributed by atoms with Gasteiger partial charge in [0, 0.05) is 6.07 Å². The molecule has 1 aromatic heterocycles. The SMILES string of the molecule is CCOc1c(OC)ccc(Cl)c1-c1cc(N)no1. The van der Waals surface area contributed by atoms with Crippen molar-refractivity contribution in [2.45, 2.75) is 6.92 Å². The molecule has 0 saturated carbocycles. The number of halogens is 1. The number of nitrogens with zero attached hydrogens (tertiary/aromatic N) is 1. The van der Waals surface area contributed by atoms with Crippen LogP contribution in [0.5, 0.6) is 11.5 Å². The molecule has 6 heteroatoms. The minimum absolute atomic E-state index is 0.284. The van der Waals surface area contributed by atoms with Crippen LogP contribution in [0, 0.1) is 0 Å². The molecule has 0 aliphatic rings. The zero-order valence-corrected chi connectivity index (χ0v) is 10.8. The van der Waals surface area contributed by atoms with E-state index >= 15 is 0 Å². The highest BCUT2D eigenvalue weighted by atomic mass is 35.5. The lowest BCUT2D eigenvalue weighted by Crippen LogP contribution is -1.98. The highest BCUT2D eigenvalue weighted by Crippen LogP contribution is 2.43. The van der Waals surface area contributed by atoms with Crippen LogP contribution < -0.4 is 15.2 Å².